The lowest BCUT2D eigenvalue weighted by Gasteiger charge is -2.43. The van der Waals surface area contributed by atoms with Crippen molar-refractivity contribution in [3.05, 3.63) is 54.1 Å². The average Bonchev–Trinajstić information content (AvgIpc) is 2.58. The summed E-state index contributed by atoms with van der Waals surface area (Å²) in [4.78, 5) is 0. The fourth-order valence-corrected chi connectivity index (χ4v) is 5.76. The molecule has 10 nitrogen and oxygen atoms in total. The third kappa shape index (κ3) is 3.58. The lowest BCUT2D eigenvalue weighted by atomic mass is 9.87. The zero-order valence-electron chi connectivity index (χ0n) is 13.5. The van der Waals surface area contributed by atoms with Gasteiger partial charge in [0.1, 0.15) is 5.66 Å². The van der Waals surface area contributed by atoms with Crippen LogP contribution in [0.25, 0.3) is 6.08 Å². The number of nitrogens with two attached hydrogens (primary N) is 2. The normalized spacial score (nSPS) is 22.5. The van der Waals surface area contributed by atoms with Gasteiger partial charge in [-0.05, 0) is 5.56 Å². The van der Waals surface area contributed by atoms with Gasteiger partial charge in [-0.3, -0.25) is 20.8 Å². The highest BCUT2D eigenvalue weighted by molar-refractivity contribution is 8.05. The molecule has 1 unspecified atom stereocenters. The monoisotopic (exact) mass is 404 g/mol. The largest absolute Gasteiger partial charge is 0.288 e. The maximum Gasteiger partial charge on any atom is 0.288 e. The van der Waals surface area contributed by atoms with Gasteiger partial charge in [0.15, 0.2) is 0 Å². The summed E-state index contributed by atoms with van der Waals surface area (Å²) in [5.41, 5.74) is 3.29. The molecule has 0 spiro atoms. The van der Waals surface area contributed by atoms with Crippen LogP contribution in [0, 0.1) is 5.92 Å². The third-order valence-electron chi connectivity index (χ3n) is 4.31. The van der Waals surface area contributed by atoms with Gasteiger partial charge in [-0.2, -0.15) is 16.8 Å². The maximum atomic E-state index is 12.1. The van der Waals surface area contributed by atoms with Crippen molar-refractivity contribution in [2.45, 2.75) is 16.2 Å². The van der Waals surface area contributed by atoms with Crippen molar-refractivity contribution in [3.63, 3.8) is 0 Å². The molecule has 0 aliphatic heterocycles. The number of allylic oxidation sites excluding steroid dienone is 2. The van der Waals surface area contributed by atoms with Crippen LogP contribution in [0.3, 0.4) is 0 Å². The van der Waals surface area contributed by atoms with Crippen LogP contribution in [0.5, 0.6) is 0 Å². The van der Waals surface area contributed by atoms with E-state index in [0.717, 1.165) is 0 Å². The van der Waals surface area contributed by atoms with Crippen LogP contribution in [0.15, 0.2) is 48.6 Å². The molecular formula is C14H20N4O6S2. The minimum absolute atomic E-state index is 0.659. The highest BCUT2D eigenvalue weighted by Crippen LogP contribution is 2.43. The summed E-state index contributed by atoms with van der Waals surface area (Å²) in [6.07, 6.45) is 4.33. The number of hydrogen-bond donors (Lipinski definition) is 6. The molecule has 0 bridgehead atoms. The predicted molar refractivity (Wildman–Crippen MR) is 95.9 cm³/mol. The van der Waals surface area contributed by atoms with Crippen LogP contribution >= 0.6 is 0 Å². The van der Waals surface area contributed by atoms with E-state index < -0.39 is 42.3 Å². The molecule has 1 aromatic rings. The van der Waals surface area contributed by atoms with Crippen molar-refractivity contribution in [1.82, 2.24) is 10.9 Å². The first kappa shape index (κ1) is 20.7. The Labute approximate surface area is 151 Å². The molecule has 1 aliphatic carbocycles. The number of benzene rings is 1. The van der Waals surface area contributed by atoms with Gasteiger partial charge in [-0.15, -0.1) is 0 Å². The van der Waals surface area contributed by atoms with Crippen molar-refractivity contribution < 1.29 is 25.9 Å². The van der Waals surface area contributed by atoms with Crippen molar-refractivity contribution >= 4 is 26.3 Å². The van der Waals surface area contributed by atoms with Gasteiger partial charge < -0.3 is 0 Å². The Hall–Kier alpha value is -1.64. The van der Waals surface area contributed by atoms with E-state index in [1.165, 1.54) is 24.3 Å². The van der Waals surface area contributed by atoms with Crippen LogP contribution in [-0.4, -0.2) is 35.7 Å². The van der Waals surface area contributed by atoms with Gasteiger partial charge in [-0.25, -0.2) is 10.9 Å². The van der Waals surface area contributed by atoms with Crippen molar-refractivity contribution in [2.24, 2.45) is 17.6 Å². The molecule has 144 valence electrons. The van der Waals surface area contributed by atoms with Gasteiger partial charge in [0, 0.05) is 12.3 Å². The summed E-state index contributed by atoms with van der Waals surface area (Å²) in [6, 6.07) is 8.65. The number of rotatable bonds is 6. The zero-order valence-corrected chi connectivity index (χ0v) is 15.1. The molecule has 0 aromatic heterocycles. The third-order valence-corrected chi connectivity index (χ3v) is 8.15. The number of hydrogen-bond acceptors (Lipinski definition) is 8. The summed E-state index contributed by atoms with van der Waals surface area (Å²) in [6.45, 7) is 0. The molecule has 0 amide bonds. The van der Waals surface area contributed by atoms with Gasteiger partial charge in [0.05, 0.1) is 0 Å². The Kier molecular flexibility index (Phi) is 5.70. The van der Waals surface area contributed by atoms with E-state index in [2.05, 4.69) is 10.9 Å². The molecule has 0 saturated heterocycles. The molecule has 12 heteroatoms. The molecule has 8 N–H and O–H groups in total. The number of hydrazine groups is 2. The molecule has 0 saturated carbocycles. The van der Waals surface area contributed by atoms with Gasteiger partial charge in [-0.1, -0.05) is 54.6 Å². The summed E-state index contributed by atoms with van der Waals surface area (Å²) in [5, 5.41) is 0. The first-order chi connectivity index (χ1) is 12.0. The molecule has 0 heterocycles. The Balaban J connectivity index is 2.68. The minimum atomic E-state index is -5.32. The quantitative estimate of drug-likeness (QED) is 0.117. The lowest BCUT2D eigenvalue weighted by molar-refractivity contribution is 0.255. The van der Waals surface area contributed by atoms with Crippen molar-refractivity contribution in [3.8, 4) is 0 Å². The molecule has 2 rings (SSSR count). The van der Waals surface area contributed by atoms with Crippen LogP contribution in [0.2, 0.25) is 0 Å². The standard InChI is InChI=1S/C14H20N4O6S2/c15-17-13(18-16)9-8-12(7-6-11-4-2-1-3-5-11)14(10-13,25(19,20)21)26(22,23)24/h1-9,12,17-18H,10,15-16H2,(H,19,20,21)(H,22,23,24). The lowest BCUT2D eigenvalue weighted by Crippen LogP contribution is -2.69. The second-order valence-electron chi connectivity index (χ2n) is 5.85. The van der Waals surface area contributed by atoms with E-state index in [1.54, 1.807) is 30.3 Å². The number of nitrogens with one attached hydrogen (secondary N) is 2. The summed E-state index contributed by atoms with van der Waals surface area (Å²) in [5.74, 6) is 9.29. The van der Waals surface area contributed by atoms with Gasteiger partial charge in [0.2, 0.25) is 4.08 Å². The minimum Gasteiger partial charge on any atom is -0.284 e. The van der Waals surface area contributed by atoms with Gasteiger partial charge in [0.25, 0.3) is 20.2 Å². The van der Waals surface area contributed by atoms with Crippen LogP contribution < -0.4 is 22.5 Å². The molecule has 1 atom stereocenters. The second-order valence-corrected chi connectivity index (χ2v) is 9.47. The van der Waals surface area contributed by atoms with Crippen LogP contribution in [-0.2, 0) is 20.2 Å². The van der Waals surface area contributed by atoms with E-state index in [9.17, 15) is 25.9 Å². The summed E-state index contributed by atoms with van der Waals surface area (Å²) >= 11 is 0. The fraction of sp³-hybridized carbons (Fsp3) is 0.286. The molecule has 0 fully saturated rings. The smallest absolute Gasteiger partial charge is 0.284 e. The van der Waals surface area contributed by atoms with Crippen LogP contribution in [0.1, 0.15) is 12.0 Å². The van der Waals surface area contributed by atoms with E-state index in [1.807, 2.05) is 0 Å². The maximum absolute atomic E-state index is 12.1. The molecule has 26 heavy (non-hydrogen) atoms. The highest BCUT2D eigenvalue weighted by atomic mass is 32.3. The summed E-state index contributed by atoms with van der Waals surface area (Å²) < 4.78 is 64.9. The van der Waals surface area contributed by atoms with E-state index in [4.69, 9.17) is 11.7 Å². The van der Waals surface area contributed by atoms with E-state index in [0.29, 0.717) is 5.56 Å². The average molecular weight is 404 g/mol. The zero-order chi connectivity index (χ0) is 19.6. The van der Waals surface area contributed by atoms with Crippen molar-refractivity contribution in [2.75, 3.05) is 0 Å². The Morgan fingerprint density at radius 2 is 1.58 bits per heavy atom. The van der Waals surface area contributed by atoms with Gasteiger partial charge >= 0.3 is 0 Å². The topological polar surface area (TPSA) is 185 Å². The second kappa shape index (κ2) is 7.17. The van der Waals surface area contributed by atoms with E-state index >= 15 is 0 Å². The Morgan fingerprint density at radius 1 is 1.04 bits per heavy atom. The highest BCUT2D eigenvalue weighted by Gasteiger charge is 2.63. The molecule has 1 aromatic carbocycles. The van der Waals surface area contributed by atoms with Crippen LogP contribution in [0.4, 0.5) is 0 Å². The first-order valence-corrected chi connectivity index (χ1v) is 10.2. The first-order valence-electron chi connectivity index (χ1n) is 7.33. The SMILES string of the molecule is NNC1(NN)C=CC(C=Cc2ccccc2)C(S(=O)(=O)O)(S(=O)(=O)O)C1. The Morgan fingerprint density at radius 3 is 2.04 bits per heavy atom. The molecular weight excluding hydrogens is 384 g/mol. The summed E-state index contributed by atoms with van der Waals surface area (Å²) in [7, 11) is -10.6. The Bertz CT molecular complexity index is 876. The predicted octanol–water partition coefficient (Wildman–Crippen LogP) is -0.629. The van der Waals surface area contributed by atoms with E-state index in [-0.39, 0.29) is 0 Å². The molecule has 0 radical (unpaired) electrons. The fourth-order valence-electron chi connectivity index (χ4n) is 2.87. The van der Waals surface area contributed by atoms with Crippen molar-refractivity contribution in [1.29, 1.82) is 0 Å². The molecule has 1 aliphatic rings.